The zero-order chi connectivity index (χ0) is 22.1. The van der Waals surface area contributed by atoms with E-state index in [0.29, 0.717) is 16.4 Å². The Hall–Kier alpha value is -3.97. The van der Waals surface area contributed by atoms with Crippen molar-refractivity contribution >= 4 is 33.0 Å². The van der Waals surface area contributed by atoms with Crippen LogP contribution in [0.2, 0.25) is 0 Å². The number of aliphatic imine (C=N–C) groups is 1. The molecule has 0 aliphatic rings. The summed E-state index contributed by atoms with van der Waals surface area (Å²) in [7, 11) is 0. The average Bonchev–Trinajstić information content (AvgIpc) is 3.36. The highest BCUT2D eigenvalue weighted by Gasteiger charge is 2.17. The lowest BCUT2D eigenvalue weighted by atomic mass is 10.1. The summed E-state index contributed by atoms with van der Waals surface area (Å²) < 4.78 is 8.35. The van der Waals surface area contributed by atoms with E-state index in [0.717, 1.165) is 33.1 Å². The van der Waals surface area contributed by atoms with E-state index in [2.05, 4.69) is 15.1 Å². The molecular formula is C25H20N4O2S. The van der Waals surface area contributed by atoms with E-state index in [1.807, 2.05) is 92.7 Å². The summed E-state index contributed by atoms with van der Waals surface area (Å²) in [6.45, 7) is 3.71. The summed E-state index contributed by atoms with van der Waals surface area (Å²) in [5, 5.41) is 3.76. The molecule has 0 saturated heterocycles. The zero-order valence-electron chi connectivity index (χ0n) is 17.6. The van der Waals surface area contributed by atoms with E-state index in [9.17, 15) is 4.79 Å². The molecule has 5 rings (SSSR count). The van der Waals surface area contributed by atoms with Crippen LogP contribution in [0, 0.1) is 6.92 Å². The Balaban J connectivity index is 1.43. The number of fused-ring (bicyclic) bond motifs is 1. The molecule has 158 valence electrons. The topological polar surface area (TPSA) is 72.3 Å². The second-order valence-corrected chi connectivity index (χ2v) is 8.33. The van der Waals surface area contributed by atoms with Gasteiger partial charge in [-0.05, 0) is 62.4 Å². The number of hydrogen-bond donors (Lipinski definition) is 1. The Morgan fingerprint density at radius 3 is 2.41 bits per heavy atom. The number of aromatic nitrogens is 3. The highest BCUT2D eigenvalue weighted by Crippen LogP contribution is 2.25. The Morgan fingerprint density at radius 2 is 1.66 bits per heavy atom. The molecule has 0 fully saturated rings. The molecule has 0 unspecified atom stereocenters. The van der Waals surface area contributed by atoms with Gasteiger partial charge in [0.2, 0.25) is 5.13 Å². The Labute approximate surface area is 188 Å². The second-order valence-electron chi connectivity index (χ2n) is 7.32. The van der Waals surface area contributed by atoms with Gasteiger partial charge in [0.25, 0.3) is 5.56 Å². The van der Waals surface area contributed by atoms with E-state index in [4.69, 9.17) is 4.74 Å². The van der Waals surface area contributed by atoms with Crippen molar-refractivity contribution in [2.75, 3.05) is 0 Å². The molecule has 2 aromatic heterocycles. The van der Waals surface area contributed by atoms with Gasteiger partial charge in [-0.3, -0.25) is 14.9 Å². The number of benzene rings is 3. The summed E-state index contributed by atoms with van der Waals surface area (Å²) in [5.74, 6) is 1.50. The molecule has 0 atom stereocenters. The quantitative estimate of drug-likeness (QED) is 0.340. The molecule has 32 heavy (non-hydrogen) atoms. The lowest BCUT2D eigenvalue weighted by Crippen LogP contribution is -2.19. The van der Waals surface area contributed by atoms with Crippen LogP contribution >= 0.6 is 11.3 Å². The lowest BCUT2D eigenvalue weighted by Gasteiger charge is -2.05. The predicted octanol–water partition coefficient (Wildman–Crippen LogP) is 6.02. The zero-order valence-corrected chi connectivity index (χ0v) is 18.4. The van der Waals surface area contributed by atoms with Crippen molar-refractivity contribution in [1.82, 2.24) is 14.8 Å². The van der Waals surface area contributed by atoms with Gasteiger partial charge in [0.15, 0.2) is 0 Å². The van der Waals surface area contributed by atoms with Crippen molar-refractivity contribution in [3.8, 4) is 16.6 Å². The Bertz CT molecular complexity index is 1450. The summed E-state index contributed by atoms with van der Waals surface area (Å²) in [4.78, 5) is 22.4. The van der Waals surface area contributed by atoms with Gasteiger partial charge < -0.3 is 4.74 Å². The monoisotopic (exact) mass is 440 g/mol. The summed E-state index contributed by atoms with van der Waals surface area (Å²) in [5.41, 5.74) is 3.39. The van der Waals surface area contributed by atoms with E-state index in [-0.39, 0.29) is 5.56 Å². The predicted molar refractivity (Wildman–Crippen MR) is 129 cm³/mol. The highest BCUT2D eigenvalue weighted by molar-refractivity contribution is 7.20. The molecule has 7 heteroatoms. The minimum Gasteiger partial charge on any atom is -0.457 e. The SMILES string of the molecule is CC(=Nc1ccc(Oc2ccccc2)cc1)c1c(C)[nH]n(-c2nc3ccccc3s2)c1=O. The van der Waals surface area contributed by atoms with Gasteiger partial charge >= 0.3 is 0 Å². The fourth-order valence-electron chi connectivity index (χ4n) is 3.53. The van der Waals surface area contributed by atoms with Gasteiger partial charge in [-0.1, -0.05) is 41.7 Å². The summed E-state index contributed by atoms with van der Waals surface area (Å²) >= 11 is 1.47. The minimum absolute atomic E-state index is 0.160. The first-order valence-corrected chi connectivity index (χ1v) is 11.0. The third-order valence-corrected chi connectivity index (χ3v) is 6.04. The van der Waals surface area contributed by atoms with Gasteiger partial charge in [-0.25, -0.2) is 4.98 Å². The number of H-pyrrole nitrogens is 1. The standard InChI is InChI=1S/C25H20N4O2S/c1-16(26-18-12-14-20(15-13-18)31-19-8-4-3-5-9-19)23-17(2)28-29(24(23)30)25-27-21-10-6-7-11-22(21)32-25/h3-15,28H,1-2H3. The number of aromatic amines is 1. The molecule has 0 amide bonds. The first-order valence-electron chi connectivity index (χ1n) is 10.1. The molecule has 2 heterocycles. The lowest BCUT2D eigenvalue weighted by molar-refractivity contribution is 0.483. The van der Waals surface area contributed by atoms with Crippen molar-refractivity contribution in [1.29, 1.82) is 0 Å². The number of nitrogens with zero attached hydrogens (tertiary/aromatic N) is 3. The third kappa shape index (κ3) is 3.86. The smallest absolute Gasteiger partial charge is 0.282 e. The van der Waals surface area contributed by atoms with Gasteiger partial charge in [0.1, 0.15) is 11.5 Å². The Kier molecular flexibility index (Phi) is 5.17. The van der Waals surface area contributed by atoms with Crippen molar-refractivity contribution in [3.63, 3.8) is 0 Å². The normalized spacial score (nSPS) is 11.8. The number of hydrogen-bond acceptors (Lipinski definition) is 5. The molecule has 0 spiro atoms. The van der Waals surface area contributed by atoms with E-state index in [1.54, 1.807) is 0 Å². The van der Waals surface area contributed by atoms with E-state index >= 15 is 0 Å². The Morgan fingerprint density at radius 1 is 0.969 bits per heavy atom. The van der Waals surface area contributed by atoms with Crippen LogP contribution in [0.5, 0.6) is 11.5 Å². The molecule has 0 bridgehead atoms. The van der Waals surface area contributed by atoms with Gasteiger partial charge in [-0.15, -0.1) is 0 Å². The maximum atomic E-state index is 13.2. The molecular weight excluding hydrogens is 420 g/mol. The third-order valence-electron chi connectivity index (χ3n) is 5.02. The first kappa shape index (κ1) is 20.0. The van der Waals surface area contributed by atoms with Crippen LogP contribution in [0.25, 0.3) is 15.3 Å². The van der Waals surface area contributed by atoms with Crippen molar-refractivity contribution in [2.24, 2.45) is 4.99 Å². The van der Waals surface area contributed by atoms with Crippen LogP contribution < -0.4 is 10.3 Å². The first-order chi connectivity index (χ1) is 15.6. The number of rotatable bonds is 5. The van der Waals surface area contributed by atoms with E-state index < -0.39 is 0 Å². The van der Waals surface area contributed by atoms with Crippen molar-refractivity contribution in [3.05, 3.63) is 100 Å². The molecule has 3 aromatic carbocycles. The number of thiazole rings is 1. The largest absolute Gasteiger partial charge is 0.457 e. The molecule has 0 radical (unpaired) electrons. The number of ether oxygens (including phenoxy) is 1. The maximum Gasteiger partial charge on any atom is 0.282 e. The maximum absolute atomic E-state index is 13.2. The number of nitrogens with one attached hydrogen (secondary N) is 1. The van der Waals surface area contributed by atoms with Gasteiger partial charge in [0, 0.05) is 5.69 Å². The summed E-state index contributed by atoms with van der Waals surface area (Å²) in [6.07, 6.45) is 0. The van der Waals surface area contributed by atoms with Crippen molar-refractivity contribution < 1.29 is 4.74 Å². The van der Waals surface area contributed by atoms with Crippen LogP contribution in [-0.2, 0) is 0 Å². The number of para-hydroxylation sites is 2. The van der Waals surface area contributed by atoms with E-state index in [1.165, 1.54) is 16.0 Å². The van der Waals surface area contributed by atoms with Crippen LogP contribution in [0.15, 0.2) is 88.6 Å². The molecule has 0 aliphatic heterocycles. The molecule has 6 nitrogen and oxygen atoms in total. The average molecular weight is 441 g/mol. The van der Waals surface area contributed by atoms with Crippen LogP contribution in [-0.4, -0.2) is 20.5 Å². The van der Waals surface area contributed by atoms with Crippen LogP contribution in [0.1, 0.15) is 18.2 Å². The second kappa shape index (κ2) is 8.28. The van der Waals surface area contributed by atoms with Crippen LogP contribution in [0.3, 0.4) is 0 Å². The summed E-state index contributed by atoms with van der Waals surface area (Å²) in [6, 6.07) is 24.9. The highest BCUT2D eigenvalue weighted by atomic mass is 32.1. The fourth-order valence-corrected chi connectivity index (χ4v) is 4.45. The molecule has 1 N–H and O–H groups in total. The van der Waals surface area contributed by atoms with Gasteiger partial charge in [0.05, 0.1) is 27.2 Å². The van der Waals surface area contributed by atoms with Crippen LogP contribution in [0.4, 0.5) is 5.69 Å². The van der Waals surface area contributed by atoms with Crippen molar-refractivity contribution in [2.45, 2.75) is 13.8 Å². The minimum atomic E-state index is -0.160. The molecule has 0 aliphatic carbocycles. The number of aryl methyl sites for hydroxylation is 1. The fraction of sp³-hybridized carbons (Fsp3) is 0.0800. The molecule has 0 saturated carbocycles. The molecule has 5 aromatic rings. The van der Waals surface area contributed by atoms with Gasteiger partial charge in [-0.2, -0.15) is 4.68 Å².